The molecule has 0 radical (unpaired) electrons. The number of hydrogen-bond acceptors (Lipinski definition) is 8. The van der Waals surface area contributed by atoms with Gasteiger partial charge in [0.05, 0.1) is 23.6 Å². The molecule has 2 aliphatic rings. The van der Waals surface area contributed by atoms with Crippen LogP contribution in [0.2, 0.25) is 0 Å². The summed E-state index contributed by atoms with van der Waals surface area (Å²) < 4.78 is 27.4. The fourth-order valence-corrected chi connectivity index (χ4v) is 5.10. The summed E-state index contributed by atoms with van der Waals surface area (Å²) in [5.74, 6) is 0.137. The predicted octanol–water partition coefficient (Wildman–Crippen LogP) is 4.25. The van der Waals surface area contributed by atoms with Gasteiger partial charge in [-0.05, 0) is 68.3 Å². The minimum Gasteiger partial charge on any atom is -0.327 e. The first kappa shape index (κ1) is 23.7. The molecule has 4 aromatic heterocycles. The van der Waals surface area contributed by atoms with E-state index in [1.54, 1.807) is 24.5 Å². The lowest BCUT2D eigenvalue weighted by Gasteiger charge is -2.28. The number of aromatic nitrogens is 5. The van der Waals surface area contributed by atoms with E-state index < -0.39 is 11.6 Å². The monoisotopic (exact) mass is 502 g/mol. The number of halogens is 2. The second-order valence-electron chi connectivity index (χ2n) is 9.89. The first-order chi connectivity index (χ1) is 18.0. The third-order valence-corrected chi connectivity index (χ3v) is 7.22. The van der Waals surface area contributed by atoms with Gasteiger partial charge in [-0.2, -0.15) is 0 Å². The van der Waals surface area contributed by atoms with Crippen LogP contribution in [0, 0.1) is 17.6 Å². The van der Waals surface area contributed by atoms with Gasteiger partial charge in [0.25, 0.3) is 0 Å². The minimum atomic E-state index is -0.804. The van der Waals surface area contributed by atoms with Crippen LogP contribution in [0.3, 0.4) is 0 Å². The normalized spacial score (nSPS) is 17.2. The molecule has 4 N–H and O–H groups in total. The summed E-state index contributed by atoms with van der Waals surface area (Å²) in [5.41, 5.74) is 10.4. The average Bonchev–Trinajstić information content (AvgIpc) is 3.76. The van der Waals surface area contributed by atoms with Gasteiger partial charge >= 0.3 is 0 Å². The average molecular weight is 503 g/mol. The van der Waals surface area contributed by atoms with Crippen LogP contribution < -0.4 is 16.4 Å². The van der Waals surface area contributed by atoms with Crippen LogP contribution in [0.15, 0.2) is 43.0 Å². The summed E-state index contributed by atoms with van der Waals surface area (Å²) in [4.78, 5) is 22.4. The van der Waals surface area contributed by atoms with E-state index in [1.165, 1.54) is 5.56 Å². The lowest BCUT2D eigenvalue weighted by molar-refractivity contribution is 0.316. The lowest BCUT2D eigenvalue weighted by atomic mass is 9.87. The van der Waals surface area contributed by atoms with Crippen LogP contribution in [-0.4, -0.2) is 44.1 Å². The summed E-state index contributed by atoms with van der Waals surface area (Å²) in [6.07, 6.45) is 11.3. The molecule has 8 nitrogen and oxygen atoms in total. The molecule has 0 spiro atoms. The highest BCUT2D eigenvalue weighted by Gasteiger charge is 2.29. The van der Waals surface area contributed by atoms with Crippen molar-refractivity contribution in [1.29, 1.82) is 0 Å². The fraction of sp³-hybridized carbons (Fsp3) is 0.370. The Hall–Kier alpha value is -3.63. The molecule has 1 saturated carbocycles. The van der Waals surface area contributed by atoms with Gasteiger partial charge in [0.15, 0.2) is 17.5 Å². The second kappa shape index (κ2) is 10.0. The Balaban J connectivity index is 1.38. The number of rotatable bonds is 7. The van der Waals surface area contributed by atoms with Gasteiger partial charge < -0.3 is 16.4 Å². The molecule has 0 amide bonds. The summed E-state index contributed by atoms with van der Waals surface area (Å²) in [6, 6.07) is 4.29. The molecule has 1 aliphatic carbocycles. The molecule has 1 aliphatic heterocycles. The number of nitrogens with two attached hydrogens (primary N) is 1. The summed E-state index contributed by atoms with van der Waals surface area (Å²) >= 11 is 0. The molecule has 37 heavy (non-hydrogen) atoms. The largest absolute Gasteiger partial charge is 0.327 e. The highest BCUT2D eigenvalue weighted by Crippen LogP contribution is 2.43. The van der Waals surface area contributed by atoms with E-state index in [-0.39, 0.29) is 11.9 Å². The zero-order valence-corrected chi connectivity index (χ0v) is 20.3. The molecule has 0 bridgehead atoms. The van der Waals surface area contributed by atoms with E-state index in [0.29, 0.717) is 35.5 Å². The number of hydrogen-bond donors (Lipinski definition) is 3. The van der Waals surface area contributed by atoms with Crippen molar-refractivity contribution in [3.05, 3.63) is 65.9 Å². The van der Waals surface area contributed by atoms with Crippen LogP contribution in [0.25, 0.3) is 22.3 Å². The number of fused-ring (bicyclic) bond motifs is 1. The highest BCUT2D eigenvalue weighted by atomic mass is 19.1. The second-order valence-corrected chi connectivity index (χ2v) is 9.89. The third kappa shape index (κ3) is 5.12. The quantitative estimate of drug-likeness (QED) is 0.344. The van der Waals surface area contributed by atoms with Gasteiger partial charge in [-0.25, -0.2) is 28.7 Å². The van der Waals surface area contributed by atoms with E-state index in [2.05, 4.69) is 25.6 Å². The first-order valence-electron chi connectivity index (χ1n) is 12.7. The maximum Gasteiger partial charge on any atom is 0.168 e. The number of piperidine rings is 1. The Bertz CT molecular complexity index is 1440. The van der Waals surface area contributed by atoms with Crippen molar-refractivity contribution in [2.45, 2.75) is 44.1 Å². The summed E-state index contributed by atoms with van der Waals surface area (Å²) in [6.45, 7) is 1.98. The van der Waals surface area contributed by atoms with Crippen molar-refractivity contribution in [3.63, 3.8) is 0 Å². The highest BCUT2D eigenvalue weighted by molar-refractivity contribution is 5.86. The first-order valence-corrected chi connectivity index (χ1v) is 12.7. The summed E-state index contributed by atoms with van der Waals surface area (Å²) in [7, 11) is 0. The van der Waals surface area contributed by atoms with E-state index in [4.69, 9.17) is 15.7 Å². The van der Waals surface area contributed by atoms with Crippen molar-refractivity contribution in [2.24, 2.45) is 11.7 Å². The van der Waals surface area contributed by atoms with Crippen molar-refractivity contribution in [3.8, 4) is 11.4 Å². The summed E-state index contributed by atoms with van der Waals surface area (Å²) in [5, 5.41) is 7.28. The topological polar surface area (TPSA) is 115 Å². The molecular formula is C27H28F2N8. The Labute approximate surface area is 213 Å². The number of nitrogens with one attached hydrogen (secondary N) is 2. The van der Waals surface area contributed by atoms with E-state index in [9.17, 15) is 8.78 Å². The number of nitrogens with zero attached hydrogens (tertiary/aromatic N) is 5. The number of pyridine rings is 3. The molecule has 1 atom stereocenters. The van der Waals surface area contributed by atoms with E-state index >= 15 is 0 Å². The Morgan fingerprint density at radius 3 is 2.65 bits per heavy atom. The molecule has 190 valence electrons. The van der Waals surface area contributed by atoms with Gasteiger partial charge in [0, 0.05) is 41.9 Å². The van der Waals surface area contributed by atoms with Gasteiger partial charge in [0.1, 0.15) is 11.6 Å². The van der Waals surface area contributed by atoms with E-state index in [1.807, 2.05) is 6.20 Å². The fourth-order valence-electron chi connectivity index (χ4n) is 5.10. The zero-order valence-electron chi connectivity index (χ0n) is 20.3. The lowest BCUT2D eigenvalue weighted by Crippen LogP contribution is -2.40. The van der Waals surface area contributed by atoms with Crippen molar-refractivity contribution in [1.82, 2.24) is 30.2 Å². The smallest absolute Gasteiger partial charge is 0.168 e. The molecule has 10 heteroatoms. The van der Waals surface area contributed by atoms with Crippen molar-refractivity contribution < 1.29 is 8.78 Å². The molecule has 1 saturated heterocycles. The third-order valence-electron chi connectivity index (χ3n) is 7.22. The van der Waals surface area contributed by atoms with Gasteiger partial charge in [0.2, 0.25) is 0 Å². The molecule has 0 aromatic carbocycles. The molecule has 6 rings (SSSR count). The van der Waals surface area contributed by atoms with Crippen LogP contribution in [0.1, 0.15) is 42.9 Å². The van der Waals surface area contributed by atoms with Crippen LogP contribution in [-0.2, 0) is 6.42 Å². The standard InChI is InChI=1S/C27H28F2N8/c28-18-10-20(29)27(34-12-18)37-24-9-17(5-8-33-24)26-35-22(11-21(30)16-3-6-31-7-4-16)25-19(15-1-2-15)13-32-14-23(25)36-26/h5,8-10,12-16,21,31H,1-4,6-7,11,30H2,(H,33,34,37). The minimum absolute atomic E-state index is 0.00420. The Morgan fingerprint density at radius 2 is 1.86 bits per heavy atom. The van der Waals surface area contributed by atoms with Crippen LogP contribution in [0.5, 0.6) is 0 Å². The molecular weight excluding hydrogens is 474 g/mol. The Morgan fingerprint density at radius 1 is 1.03 bits per heavy atom. The number of anilines is 2. The van der Waals surface area contributed by atoms with Crippen molar-refractivity contribution >= 4 is 22.5 Å². The van der Waals surface area contributed by atoms with Gasteiger partial charge in [-0.1, -0.05) is 0 Å². The van der Waals surface area contributed by atoms with Gasteiger partial charge in [-0.15, -0.1) is 0 Å². The van der Waals surface area contributed by atoms with E-state index in [0.717, 1.165) is 67.6 Å². The molecule has 1 unspecified atom stereocenters. The van der Waals surface area contributed by atoms with Gasteiger partial charge in [-0.3, -0.25) is 4.98 Å². The maximum atomic E-state index is 14.1. The predicted molar refractivity (Wildman–Crippen MR) is 137 cm³/mol. The van der Waals surface area contributed by atoms with Crippen LogP contribution >= 0.6 is 0 Å². The maximum absolute atomic E-state index is 14.1. The van der Waals surface area contributed by atoms with Crippen molar-refractivity contribution in [2.75, 3.05) is 18.4 Å². The molecule has 2 fully saturated rings. The molecule has 4 aromatic rings. The zero-order chi connectivity index (χ0) is 25.4. The molecule has 5 heterocycles. The Kier molecular flexibility index (Phi) is 6.43. The SMILES string of the molecule is NC(Cc1nc(-c2ccnc(Nc3ncc(F)cc3F)c2)nc2cncc(C3CC3)c12)C1CCNCC1. The van der Waals surface area contributed by atoms with Crippen LogP contribution in [0.4, 0.5) is 20.4 Å².